The molecule has 0 amide bonds. The third-order valence-electron chi connectivity index (χ3n) is 4.30. The summed E-state index contributed by atoms with van der Waals surface area (Å²) in [6, 6.07) is 27.4. The third kappa shape index (κ3) is 3.46. The van der Waals surface area contributed by atoms with Gasteiger partial charge in [0.25, 0.3) is 0 Å². The Labute approximate surface area is 162 Å². The van der Waals surface area contributed by atoms with Gasteiger partial charge in [-0.15, -0.1) is 0 Å². The SMILES string of the molecule is N#Cc1c(/N=C/c2ccc(F)cc2)oc(-c2ccccc2)c1-c1ccccc1. The van der Waals surface area contributed by atoms with Crippen molar-refractivity contribution in [2.45, 2.75) is 0 Å². The lowest BCUT2D eigenvalue weighted by atomic mass is 9.98. The van der Waals surface area contributed by atoms with Crippen molar-refractivity contribution in [3.63, 3.8) is 0 Å². The van der Waals surface area contributed by atoms with E-state index >= 15 is 0 Å². The minimum atomic E-state index is -0.314. The molecule has 0 bridgehead atoms. The second-order valence-electron chi connectivity index (χ2n) is 6.14. The normalized spacial score (nSPS) is 10.9. The lowest BCUT2D eigenvalue weighted by molar-refractivity contribution is 0.593. The van der Waals surface area contributed by atoms with Gasteiger partial charge >= 0.3 is 0 Å². The highest BCUT2D eigenvalue weighted by atomic mass is 19.1. The van der Waals surface area contributed by atoms with E-state index in [-0.39, 0.29) is 11.7 Å². The van der Waals surface area contributed by atoms with Crippen LogP contribution in [0.5, 0.6) is 0 Å². The highest BCUT2D eigenvalue weighted by Crippen LogP contribution is 2.42. The van der Waals surface area contributed by atoms with E-state index in [4.69, 9.17) is 4.42 Å². The van der Waals surface area contributed by atoms with Gasteiger partial charge in [-0.1, -0.05) is 72.8 Å². The van der Waals surface area contributed by atoms with E-state index in [2.05, 4.69) is 11.1 Å². The zero-order valence-electron chi connectivity index (χ0n) is 14.8. The molecule has 0 spiro atoms. The van der Waals surface area contributed by atoms with Gasteiger partial charge in [0, 0.05) is 17.3 Å². The van der Waals surface area contributed by atoms with Gasteiger partial charge in [0.15, 0.2) is 0 Å². The van der Waals surface area contributed by atoms with Crippen LogP contribution >= 0.6 is 0 Å². The second kappa shape index (κ2) is 7.73. The highest BCUT2D eigenvalue weighted by molar-refractivity contribution is 5.89. The number of hydrogen-bond donors (Lipinski definition) is 0. The molecule has 0 aliphatic rings. The van der Waals surface area contributed by atoms with Gasteiger partial charge in [0.1, 0.15) is 23.2 Å². The molecule has 0 N–H and O–H groups in total. The summed E-state index contributed by atoms with van der Waals surface area (Å²) in [5.74, 6) is 0.504. The summed E-state index contributed by atoms with van der Waals surface area (Å²) in [5.41, 5.74) is 3.53. The highest BCUT2D eigenvalue weighted by Gasteiger charge is 2.22. The lowest BCUT2D eigenvalue weighted by Gasteiger charge is -2.03. The van der Waals surface area contributed by atoms with E-state index in [0.29, 0.717) is 22.5 Å². The Bertz CT molecular complexity index is 1160. The first-order valence-corrected chi connectivity index (χ1v) is 8.73. The van der Waals surface area contributed by atoms with Crippen molar-refractivity contribution in [2.75, 3.05) is 0 Å². The summed E-state index contributed by atoms with van der Waals surface area (Å²) in [4.78, 5) is 4.37. The first-order valence-electron chi connectivity index (χ1n) is 8.73. The van der Waals surface area contributed by atoms with Gasteiger partial charge in [-0.3, -0.25) is 0 Å². The van der Waals surface area contributed by atoms with Crippen molar-refractivity contribution in [2.24, 2.45) is 4.99 Å². The molecular formula is C24H15FN2O. The quantitative estimate of drug-likeness (QED) is 0.394. The molecule has 0 unspecified atom stereocenters. The van der Waals surface area contributed by atoms with Crippen molar-refractivity contribution >= 4 is 12.1 Å². The number of aliphatic imine (C=N–C) groups is 1. The Balaban J connectivity index is 1.87. The van der Waals surface area contributed by atoms with Crippen LogP contribution in [0, 0.1) is 17.1 Å². The summed E-state index contributed by atoms with van der Waals surface area (Å²) >= 11 is 0. The Morgan fingerprint density at radius 1 is 0.821 bits per heavy atom. The molecule has 0 aliphatic carbocycles. The molecule has 0 radical (unpaired) electrons. The van der Waals surface area contributed by atoms with Crippen molar-refractivity contribution in [1.82, 2.24) is 0 Å². The molecule has 4 heteroatoms. The van der Waals surface area contributed by atoms with Crippen molar-refractivity contribution in [3.05, 3.63) is 102 Å². The second-order valence-corrected chi connectivity index (χ2v) is 6.14. The molecule has 0 atom stereocenters. The minimum Gasteiger partial charge on any atom is -0.436 e. The van der Waals surface area contributed by atoms with E-state index in [9.17, 15) is 9.65 Å². The van der Waals surface area contributed by atoms with Crippen LogP contribution in [0.4, 0.5) is 10.3 Å². The first kappa shape index (κ1) is 17.4. The van der Waals surface area contributed by atoms with E-state index in [1.165, 1.54) is 12.1 Å². The molecule has 0 saturated carbocycles. The van der Waals surface area contributed by atoms with E-state index < -0.39 is 0 Å². The first-order chi connectivity index (χ1) is 13.8. The zero-order valence-corrected chi connectivity index (χ0v) is 14.8. The molecule has 134 valence electrons. The Morgan fingerprint density at radius 2 is 1.43 bits per heavy atom. The van der Waals surface area contributed by atoms with Crippen molar-refractivity contribution < 1.29 is 8.81 Å². The number of nitrogens with zero attached hydrogens (tertiary/aromatic N) is 2. The van der Waals surface area contributed by atoms with Crippen LogP contribution < -0.4 is 0 Å². The molecule has 1 heterocycles. The maximum absolute atomic E-state index is 13.1. The fraction of sp³-hybridized carbons (Fsp3) is 0. The average molecular weight is 366 g/mol. The molecule has 0 aliphatic heterocycles. The molecule has 4 aromatic rings. The van der Waals surface area contributed by atoms with Gasteiger partial charge in [0.2, 0.25) is 5.88 Å². The van der Waals surface area contributed by atoms with Crippen LogP contribution in [0.25, 0.3) is 22.5 Å². The molecule has 1 aromatic heterocycles. The number of halogens is 1. The summed E-state index contributed by atoms with van der Waals surface area (Å²) in [6.07, 6.45) is 1.56. The van der Waals surface area contributed by atoms with Gasteiger partial charge in [-0.2, -0.15) is 5.26 Å². The van der Waals surface area contributed by atoms with E-state index in [1.54, 1.807) is 18.3 Å². The van der Waals surface area contributed by atoms with Crippen LogP contribution in [0.15, 0.2) is 94.3 Å². The average Bonchev–Trinajstić information content (AvgIpc) is 3.13. The van der Waals surface area contributed by atoms with Crippen LogP contribution in [0.2, 0.25) is 0 Å². The molecule has 3 nitrogen and oxygen atoms in total. The summed E-state index contributed by atoms with van der Waals surface area (Å²) < 4.78 is 19.1. The summed E-state index contributed by atoms with van der Waals surface area (Å²) in [5, 5.41) is 9.82. The van der Waals surface area contributed by atoms with Crippen LogP contribution in [0.1, 0.15) is 11.1 Å². The lowest BCUT2D eigenvalue weighted by Crippen LogP contribution is -1.83. The van der Waals surface area contributed by atoms with Crippen LogP contribution in [-0.4, -0.2) is 6.21 Å². The monoisotopic (exact) mass is 366 g/mol. The zero-order chi connectivity index (χ0) is 19.3. The fourth-order valence-corrected chi connectivity index (χ4v) is 2.97. The molecule has 3 aromatic carbocycles. The Kier molecular flexibility index (Phi) is 4.81. The predicted molar refractivity (Wildman–Crippen MR) is 108 cm³/mol. The third-order valence-corrected chi connectivity index (χ3v) is 4.30. The van der Waals surface area contributed by atoms with Gasteiger partial charge in [0.05, 0.1) is 0 Å². The largest absolute Gasteiger partial charge is 0.436 e. The smallest absolute Gasteiger partial charge is 0.238 e. The number of rotatable bonds is 4. The molecule has 28 heavy (non-hydrogen) atoms. The van der Waals surface area contributed by atoms with E-state index in [0.717, 1.165) is 11.1 Å². The number of nitriles is 1. The number of furan rings is 1. The predicted octanol–water partition coefficient (Wildman–Crippen LogP) is 6.37. The topological polar surface area (TPSA) is 49.3 Å². The number of benzene rings is 3. The standard InChI is InChI=1S/C24H15FN2O/c25-20-13-11-17(12-14-20)16-27-24-21(15-26)22(18-7-3-1-4-8-18)23(28-24)19-9-5-2-6-10-19/h1-14,16H/b27-16+. The van der Waals surface area contributed by atoms with Crippen LogP contribution in [-0.2, 0) is 0 Å². The minimum absolute atomic E-state index is 0.226. The van der Waals surface area contributed by atoms with Crippen molar-refractivity contribution in [3.8, 4) is 28.5 Å². The maximum atomic E-state index is 13.1. The maximum Gasteiger partial charge on any atom is 0.238 e. The summed E-state index contributed by atoms with van der Waals surface area (Å²) in [6.45, 7) is 0. The molecule has 0 fully saturated rings. The van der Waals surface area contributed by atoms with Gasteiger partial charge < -0.3 is 4.42 Å². The fourth-order valence-electron chi connectivity index (χ4n) is 2.97. The van der Waals surface area contributed by atoms with Crippen molar-refractivity contribution in [1.29, 1.82) is 5.26 Å². The van der Waals surface area contributed by atoms with Gasteiger partial charge in [-0.05, 0) is 23.3 Å². The van der Waals surface area contributed by atoms with Gasteiger partial charge in [-0.25, -0.2) is 9.38 Å². The van der Waals surface area contributed by atoms with Crippen LogP contribution in [0.3, 0.4) is 0 Å². The summed E-state index contributed by atoms with van der Waals surface area (Å²) in [7, 11) is 0. The number of hydrogen-bond acceptors (Lipinski definition) is 3. The van der Waals surface area contributed by atoms with E-state index in [1.807, 2.05) is 60.7 Å². The molecule has 4 rings (SSSR count). The molecule has 0 saturated heterocycles. The Hall–Kier alpha value is -3.97. The Morgan fingerprint density at radius 3 is 2.04 bits per heavy atom. The molecular weight excluding hydrogens is 351 g/mol.